The van der Waals surface area contributed by atoms with Crippen LogP contribution in [-0.2, 0) is 9.59 Å². The minimum absolute atomic E-state index is 0.0125. The van der Waals surface area contributed by atoms with E-state index in [1.54, 1.807) is 0 Å². The first-order valence-electron chi connectivity index (χ1n) is 6.82. The number of nitrogens with one attached hydrogen (secondary N) is 1. The molecule has 1 spiro atoms. The van der Waals surface area contributed by atoms with E-state index in [4.69, 9.17) is 5.84 Å². The third-order valence-corrected chi connectivity index (χ3v) is 4.62. The number of rotatable bonds is 2. The SMILES string of the molecule is CC(C)N1CC[C@]2(CC[C@H](C(=O)NN)CC2)C1=O. The first-order valence-corrected chi connectivity index (χ1v) is 6.82. The highest BCUT2D eigenvalue weighted by molar-refractivity contribution is 5.86. The van der Waals surface area contributed by atoms with Gasteiger partial charge in [0.25, 0.3) is 0 Å². The Balaban J connectivity index is 2.01. The number of nitrogens with two attached hydrogens (primary N) is 1. The molecular weight excluding hydrogens is 230 g/mol. The van der Waals surface area contributed by atoms with Crippen LogP contribution < -0.4 is 11.3 Å². The number of hydrazine groups is 1. The number of carbonyl (C=O) groups is 2. The Morgan fingerprint density at radius 2 is 2.00 bits per heavy atom. The minimum Gasteiger partial charge on any atom is -0.340 e. The lowest BCUT2D eigenvalue weighted by molar-refractivity contribution is -0.141. The number of carbonyl (C=O) groups excluding carboxylic acids is 2. The van der Waals surface area contributed by atoms with Gasteiger partial charge in [-0.25, -0.2) is 5.84 Å². The van der Waals surface area contributed by atoms with Crippen molar-refractivity contribution in [3.05, 3.63) is 0 Å². The molecule has 5 heteroatoms. The van der Waals surface area contributed by atoms with Gasteiger partial charge in [0.2, 0.25) is 11.8 Å². The van der Waals surface area contributed by atoms with Crippen LogP contribution in [0, 0.1) is 11.3 Å². The highest BCUT2D eigenvalue weighted by atomic mass is 16.2. The van der Waals surface area contributed by atoms with Gasteiger partial charge < -0.3 is 4.90 Å². The molecule has 102 valence electrons. The fourth-order valence-corrected chi connectivity index (χ4v) is 3.35. The van der Waals surface area contributed by atoms with E-state index in [0.29, 0.717) is 5.91 Å². The molecule has 1 aliphatic heterocycles. The second-order valence-corrected chi connectivity index (χ2v) is 5.91. The van der Waals surface area contributed by atoms with Crippen LogP contribution in [0.1, 0.15) is 46.0 Å². The average molecular weight is 253 g/mol. The van der Waals surface area contributed by atoms with Gasteiger partial charge in [-0.05, 0) is 46.0 Å². The molecule has 0 aromatic heterocycles. The molecule has 0 aromatic carbocycles. The van der Waals surface area contributed by atoms with Crippen molar-refractivity contribution in [2.75, 3.05) is 6.54 Å². The van der Waals surface area contributed by atoms with Gasteiger partial charge in [-0.15, -0.1) is 0 Å². The highest BCUT2D eigenvalue weighted by Crippen LogP contribution is 2.46. The van der Waals surface area contributed by atoms with E-state index in [9.17, 15) is 9.59 Å². The fraction of sp³-hybridized carbons (Fsp3) is 0.846. The number of likely N-dealkylation sites (tertiary alicyclic amines) is 1. The largest absolute Gasteiger partial charge is 0.340 e. The smallest absolute Gasteiger partial charge is 0.236 e. The predicted molar refractivity (Wildman–Crippen MR) is 68.2 cm³/mol. The van der Waals surface area contributed by atoms with E-state index < -0.39 is 0 Å². The van der Waals surface area contributed by atoms with Gasteiger partial charge in [-0.2, -0.15) is 0 Å². The number of nitrogens with zero attached hydrogens (tertiary/aromatic N) is 1. The van der Waals surface area contributed by atoms with Crippen LogP contribution >= 0.6 is 0 Å². The predicted octanol–water partition coefficient (Wildman–Crippen LogP) is 0.794. The maximum atomic E-state index is 12.5. The van der Waals surface area contributed by atoms with Crippen molar-refractivity contribution in [2.45, 2.75) is 52.0 Å². The summed E-state index contributed by atoms with van der Waals surface area (Å²) >= 11 is 0. The summed E-state index contributed by atoms with van der Waals surface area (Å²) in [5.41, 5.74) is 2.03. The molecule has 1 heterocycles. The number of hydrogen-bond acceptors (Lipinski definition) is 3. The minimum atomic E-state index is -0.185. The second kappa shape index (κ2) is 4.88. The standard InChI is InChI=1S/C13H23N3O2/c1-9(2)16-8-7-13(12(16)18)5-3-10(4-6-13)11(17)15-14/h9-10H,3-8,14H2,1-2H3,(H,15,17)/t10-,13+. The summed E-state index contributed by atoms with van der Waals surface area (Å²) in [5, 5.41) is 0. The quantitative estimate of drug-likeness (QED) is 0.434. The summed E-state index contributed by atoms with van der Waals surface area (Å²) in [4.78, 5) is 25.9. The van der Waals surface area contributed by atoms with Gasteiger partial charge in [0.05, 0.1) is 5.41 Å². The zero-order valence-corrected chi connectivity index (χ0v) is 11.2. The van der Waals surface area contributed by atoms with Crippen molar-refractivity contribution in [3.63, 3.8) is 0 Å². The molecule has 0 radical (unpaired) electrons. The molecule has 1 aliphatic carbocycles. The molecule has 0 unspecified atom stereocenters. The Morgan fingerprint density at radius 3 is 2.44 bits per heavy atom. The summed E-state index contributed by atoms with van der Waals surface area (Å²) < 4.78 is 0. The zero-order chi connectivity index (χ0) is 13.3. The molecule has 1 saturated heterocycles. The fourth-order valence-electron chi connectivity index (χ4n) is 3.35. The molecule has 1 saturated carbocycles. The first-order chi connectivity index (χ1) is 8.50. The van der Waals surface area contributed by atoms with Gasteiger partial charge >= 0.3 is 0 Å². The first kappa shape index (κ1) is 13.3. The molecule has 3 N–H and O–H groups in total. The molecule has 2 fully saturated rings. The zero-order valence-electron chi connectivity index (χ0n) is 11.2. The summed E-state index contributed by atoms with van der Waals surface area (Å²) in [6.07, 6.45) is 4.16. The molecule has 2 amide bonds. The van der Waals surface area contributed by atoms with Crippen molar-refractivity contribution in [3.8, 4) is 0 Å². The lowest BCUT2D eigenvalue weighted by atomic mass is 9.69. The van der Waals surface area contributed by atoms with Crippen LogP contribution in [0.5, 0.6) is 0 Å². The van der Waals surface area contributed by atoms with Crippen LogP contribution in [0.2, 0.25) is 0 Å². The van der Waals surface area contributed by atoms with E-state index >= 15 is 0 Å². The van der Waals surface area contributed by atoms with Gasteiger partial charge in [-0.1, -0.05) is 0 Å². The summed E-state index contributed by atoms with van der Waals surface area (Å²) in [5.74, 6) is 5.36. The molecular formula is C13H23N3O2. The van der Waals surface area contributed by atoms with Crippen molar-refractivity contribution in [1.82, 2.24) is 10.3 Å². The van der Waals surface area contributed by atoms with Crippen molar-refractivity contribution >= 4 is 11.8 Å². The van der Waals surface area contributed by atoms with E-state index in [1.165, 1.54) is 0 Å². The van der Waals surface area contributed by atoms with Crippen LogP contribution in [-0.4, -0.2) is 29.3 Å². The maximum absolute atomic E-state index is 12.5. The van der Waals surface area contributed by atoms with E-state index in [1.807, 2.05) is 4.90 Å². The normalized spacial score (nSPS) is 32.3. The van der Waals surface area contributed by atoms with E-state index in [-0.39, 0.29) is 23.3 Å². The van der Waals surface area contributed by atoms with Crippen LogP contribution in [0.4, 0.5) is 0 Å². The maximum Gasteiger partial charge on any atom is 0.236 e. The third kappa shape index (κ3) is 2.11. The van der Waals surface area contributed by atoms with Crippen LogP contribution in [0.15, 0.2) is 0 Å². The number of amides is 2. The Bertz CT molecular complexity index is 346. The van der Waals surface area contributed by atoms with Crippen LogP contribution in [0.3, 0.4) is 0 Å². The Morgan fingerprint density at radius 1 is 1.39 bits per heavy atom. The Kier molecular flexibility index (Phi) is 3.61. The Hall–Kier alpha value is -1.10. The summed E-state index contributed by atoms with van der Waals surface area (Å²) in [7, 11) is 0. The average Bonchev–Trinajstić information content (AvgIpc) is 2.67. The van der Waals surface area contributed by atoms with E-state index in [0.717, 1.165) is 38.6 Å². The van der Waals surface area contributed by atoms with Gasteiger partial charge in [-0.3, -0.25) is 15.0 Å². The summed E-state index contributed by atoms with van der Waals surface area (Å²) in [6, 6.07) is 0.280. The molecule has 0 atom stereocenters. The number of hydrogen-bond donors (Lipinski definition) is 2. The van der Waals surface area contributed by atoms with E-state index in [2.05, 4.69) is 19.3 Å². The van der Waals surface area contributed by atoms with Crippen molar-refractivity contribution in [1.29, 1.82) is 0 Å². The topological polar surface area (TPSA) is 75.4 Å². The Labute approximate surface area is 108 Å². The van der Waals surface area contributed by atoms with Crippen molar-refractivity contribution in [2.24, 2.45) is 17.2 Å². The molecule has 5 nitrogen and oxygen atoms in total. The van der Waals surface area contributed by atoms with Crippen molar-refractivity contribution < 1.29 is 9.59 Å². The van der Waals surface area contributed by atoms with Gasteiger partial charge in [0, 0.05) is 18.5 Å². The lowest BCUT2D eigenvalue weighted by Crippen LogP contribution is -2.43. The monoisotopic (exact) mass is 253 g/mol. The lowest BCUT2D eigenvalue weighted by Gasteiger charge is -2.35. The second-order valence-electron chi connectivity index (χ2n) is 5.91. The van der Waals surface area contributed by atoms with Crippen LogP contribution in [0.25, 0.3) is 0 Å². The summed E-state index contributed by atoms with van der Waals surface area (Å²) in [6.45, 7) is 4.99. The molecule has 0 aromatic rings. The molecule has 2 rings (SSSR count). The van der Waals surface area contributed by atoms with Gasteiger partial charge in [0.1, 0.15) is 0 Å². The third-order valence-electron chi connectivity index (χ3n) is 4.62. The van der Waals surface area contributed by atoms with Gasteiger partial charge in [0.15, 0.2) is 0 Å². The molecule has 2 aliphatic rings. The molecule has 0 bridgehead atoms. The highest BCUT2D eigenvalue weighted by Gasteiger charge is 2.49. The molecule has 18 heavy (non-hydrogen) atoms.